The number of nitrogens with zero attached hydrogens (tertiary/aromatic N) is 3. The van der Waals surface area contributed by atoms with Gasteiger partial charge in [0.2, 0.25) is 0 Å². The Bertz CT molecular complexity index is 807. The number of aliphatic hydroxyl groups is 2. The predicted octanol–water partition coefficient (Wildman–Crippen LogP) is 3.45. The van der Waals surface area contributed by atoms with Gasteiger partial charge in [-0.15, -0.1) is 0 Å². The van der Waals surface area contributed by atoms with Crippen LogP contribution in [-0.4, -0.2) is 111 Å². The molecular weight excluding hydrogens is 398 g/mol. The lowest BCUT2D eigenvalue weighted by Gasteiger charge is -2.32. The fraction of sp³-hybridized carbons (Fsp3) is 0.556. The number of aliphatic hydroxyl groups excluding tert-OH is 2. The van der Waals surface area contributed by atoms with Gasteiger partial charge < -0.3 is 23.7 Å². The van der Waals surface area contributed by atoms with E-state index < -0.39 is 0 Å². The van der Waals surface area contributed by atoms with Gasteiger partial charge in [0.15, 0.2) is 0 Å². The summed E-state index contributed by atoms with van der Waals surface area (Å²) in [6.07, 6.45) is 10.0. The van der Waals surface area contributed by atoms with Crippen molar-refractivity contribution in [3.63, 3.8) is 0 Å². The van der Waals surface area contributed by atoms with Gasteiger partial charge in [0.25, 0.3) is 0 Å². The number of likely N-dealkylation sites (N-methyl/N-ethyl adjacent to an activating group) is 3. The fourth-order valence-corrected chi connectivity index (χ4v) is 4.00. The predicted molar refractivity (Wildman–Crippen MR) is 135 cm³/mol. The van der Waals surface area contributed by atoms with Crippen molar-refractivity contribution in [3.05, 3.63) is 66.0 Å². The van der Waals surface area contributed by atoms with Gasteiger partial charge in [-0.25, -0.2) is 0 Å². The van der Waals surface area contributed by atoms with Crippen LogP contribution in [-0.2, 0) is 0 Å². The van der Waals surface area contributed by atoms with E-state index in [4.69, 9.17) is 10.2 Å². The first kappa shape index (κ1) is 26.3. The minimum Gasteiger partial charge on any atom is -0.512 e. The van der Waals surface area contributed by atoms with Crippen LogP contribution in [0.3, 0.4) is 0 Å². The lowest BCUT2D eigenvalue weighted by molar-refractivity contribution is -0.888. The molecule has 0 saturated carbocycles. The van der Waals surface area contributed by atoms with Crippen molar-refractivity contribution in [1.82, 2.24) is 0 Å². The lowest BCUT2D eigenvalue weighted by atomic mass is 9.99. The van der Waals surface area contributed by atoms with Crippen LogP contribution >= 0.6 is 0 Å². The van der Waals surface area contributed by atoms with E-state index in [2.05, 4.69) is 78.7 Å². The fourth-order valence-electron chi connectivity index (χ4n) is 4.00. The molecule has 3 heterocycles. The Balaban J connectivity index is 0.000000178. The van der Waals surface area contributed by atoms with Crippen LogP contribution < -0.4 is 0 Å². The molecule has 0 fully saturated rings. The second-order valence-electron chi connectivity index (χ2n) is 11.3. The Morgan fingerprint density at radius 3 is 1.75 bits per heavy atom. The molecule has 5 nitrogen and oxygen atoms in total. The first-order chi connectivity index (χ1) is 14.9. The first-order valence-corrected chi connectivity index (χ1v) is 11.8. The maximum absolute atomic E-state index is 9.14. The molecule has 178 valence electrons. The van der Waals surface area contributed by atoms with Crippen LogP contribution in [0.5, 0.6) is 0 Å². The quantitative estimate of drug-likeness (QED) is 0.515. The van der Waals surface area contributed by atoms with Crippen LogP contribution in [0.25, 0.3) is 5.57 Å². The van der Waals surface area contributed by atoms with Crippen LogP contribution in [0.1, 0.15) is 18.4 Å². The van der Waals surface area contributed by atoms with Crippen molar-refractivity contribution in [2.45, 2.75) is 18.9 Å². The van der Waals surface area contributed by atoms with Gasteiger partial charge in [0, 0.05) is 12.5 Å². The van der Waals surface area contributed by atoms with Gasteiger partial charge in [-0.2, -0.15) is 0 Å². The first-order valence-electron chi connectivity index (χ1n) is 11.8. The molecule has 3 aliphatic heterocycles. The zero-order valence-electron chi connectivity index (χ0n) is 21.2. The monoisotopic (exact) mass is 444 g/mol. The van der Waals surface area contributed by atoms with Crippen LogP contribution in [0.15, 0.2) is 60.4 Å². The highest BCUT2D eigenvalue weighted by atomic mass is 16.3. The summed E-state index contributed by atoms with van der Waals surface area (Å²) in [6, 6.07) is 10.7. The van der Waals surface area contributed by atoms with Crippen LogP contribution in [0.4, 0.5) is 0 Å². The second kappa shape index (κ2) is 11.3. The molecule has 0 aliphatic carbocycles. The number of benzene rings is 1. The summed E-state index contributed by atoms with van der Waals surface area (Å²) in [7, 11) is 13.2. The maximum Gasteiger partial charge on any atom is 0.121 e. The molecule has 1 unspecified atom stereocenters. The zero-order valence-corrected chi connectivity index (χ0v) is 21.2. The summed E-state index contributed by atoms with van der Waals surface area (Å²) >= 11 is 0. The van der Waals surface area contributed by atoms with E-state index >= 15 is 0 Å². The molecule has 1 aromatic carbocycles. The SMILES string of the molecule is C[N+]1(C)CC=C(O)CC1.C[N+]1(C)CC=C(c2ccccc2)CC1.C[N+]1(C)CC=CC(O)C1. The van der Waals surface area contributed by atoms with E-state index in [9.17, 15) is 0 Å². The number of hydrogen-bond acceptors (Lipinski definition) is 2. The third kappa shape index (κ3) is 9.70. The standard InChI is InChI=1S/C13H18N.C7H13NO.C7H14NO/c1-14(2)10-8-13(9-11-14)12-6-4-3-5-7-12;1-8(2)5-3-7(9)4-6-8;1-8(2)5-3-4-7(9)6-8/h3-8H,9-11H2,1-2H3;3H,4-6H2,1-2H3;3-4,7,9H,5-6H2,1-2H3/q+1;;+1/p+1. The van der Waals surface area contributed by atoms with Crippen molar-refractivity contribution in [1.29, 1.82) is 0 Å². The Hall–Kier alpha value is -1.92. The Labute approximate surface area is 196 Å². The minimum absolute atomic E-state index is 0.228. The molecule has 4 rings (SSSR count). The highest BCUT2D eigenvalue weighted by molar-refractivity contribution is 5.65. The van der Waals surface area contributed by atoms with Gasteiger partial charge in [-0.05, 0) is 29.4 Å². The third-order valence-electron chi connectivity index (χ3n) is 6.40. The smallest absolute Gasteiger partial charge is 0.121 e. The molecule has 0 bridgehead atoms. The molecule has 0 saturated heterocycles. The van der Waals surface area contributed by atoms with Crippen molar-refractivity contribution in [2.24, 2.45) is 0 Å². The Kier molecular flexibility index (Phi) is 9.28. The van der Waals surface area contributed by atoms with Gasteiger partial charge in [-0.3, -0.25) is 0 Å². The summed E-state index contributed by atoms with van der Waals surface area (Å²) in [5.41, 5.74) is 2.91. The number of hydrogen-bond donors (Lipinski definition) is 2. The van der Waals surface area contributed by atoms with E-state index in [0.29, 0.717) is 5.76 Å². The molecule has 0 amide bonds. The molecule has 0 radical (unpaired) electrons. The van der Waals surface area contributed by atoms with Crippen LogP contribution in [0, 0.1) is 0 Å². The van der Waals surface area contributed by atoms with Crippen molar-refractivity contribution in [2.75, 3.05) is 81.6 Å². The topological polar surface area (TPSA) is 40.5 Å². The highest BCUT2D eigenvalue weighted by Gasteiger charge is 2.21. The highest BCUT2D eigenvalue weighted by Crippen LogP contribution is 2.23. The molecule has 1 atom stereocenters. The Morgan fingerprint density at radius 2 is 1.34 bits per heavy atom. The summed E-state index contributed by atoms with van der Waals surface area (Å²) in [6.45, 7) is 6.31. The molecule has 0 aromatic heterocycles. The molecule has 5 heteroatoms. The molecule has 1 aromatic rings. The van der Waals surface area contributed by atoms with E-state index in [0.717, 1.165) is 52.6 Å². The molecular formula is C27H46N3O2+3. The van der Waals surface area contributed by atoms with E-state index in [1.165, 1.54) is 24.1 Å². The third-order valence-corrected chi connectivity index (χ3v) is 6.40. The molecule has 3 aliphatic rings. The maximum atomic E-state index is 9.14. The average Bonchev–Trinajstić information content (AvgIpc) is 2.71. The summed E-state index contributed by atoms with van der Waals surface area (Å²) < 4.78 is 3.03. The van der Waals surface area contributed by atoms with E-state index in [1.807, 2.05) is 18.2 Å². The Morgan fingerprint density at radius 1 is 0.750 bits per heavy atom. The molecule has 0 spiro atoms. The normalized spacial score (nSPS) is 25.2. The zero-order chi connectivity index (χ0) is 23.8. The largest absolute Gasteiger partial charge is 0.512 e. The summed E-state index contributed by atoms with van der Waals surface area (Å²) in [5, 5.41) is 18.1. The lowest BCUT2D eigenvalue weighted by Crippen LogP contribution is -2.47. The van der Waals surface area contributed by atoms with Gasteiger partial charge in [-0.1, -0.05) is 30.3 Å². The van der Waals surface area contributed by atoms with Gasteiger partial charge in [0.05, 0.1) is 80.6 Å². The number of rotatable bonds is 1. The second-order valence-corrected chi connectivity index (χ2v) is 11.3. The van der Waals surface area contributed by atoms with Gasteiger partial charge >= 0.3 is 0 Å². The van der Waals surface area contributed by atoms with Crippen LogP contribution in [0.2, 0.25) is 0 Å². The average molecular weight is 445 g/mol. The summed E-state index contributed by atoms with van der Waals surface area (Å²) in [4.78, 5) is 0. The number of quaternary nitrogens is 3. The van der Waals surface area contributed by atoms with Gasteiger partial charge in [0.1, 0.15) is 19.2 Å². The minimum atomic E-state index is -0.228. The van der Waals surface area contributed by atoms with Crippen molar-refractivity contribution >= 4 is 5.57 Å². The summed E-state index contributed by atoms with van der Waals surface area (Å²) in [5.74, 6) is 0.562. The molecule has 32 heavy (non-hydrogen) atoms. The van der Waals surface area contributed by atoms with E-state index in [-0.39, 0.29) is 6.10 Å². The van der Waals surface area contributed by atoms with E-state index in [1.54, 1.807) is 0 Å². The van der Waals surface area contributed by atoms with Crippen molar-refractivity contribution < 1.29 is 23.7 Å². The molecule has 2 N–H and O–H groups in total. The van der Waals surface area contributed by atoms with Crippen molar-refractivity contribution in [3.8, 4) is 0 Å².